The lowest BCUT2D eigenvalue weighted by atomic mass is 10.2. The molecule has 0 fully saturated rings. The SMILES string of the molecule is CC(C)(C)OC(=O)N[C@H](COP(=O)(O)OC[C@@H](O)CO)C(=O)OC(C)(C)C. The first-order valence-electron chi connectivity index (χ1n) is 8.18. The number of phosphoric ester groups is 1. The second-order valence-electron chi connectivity index (χ2n) is 7.63. The molecule has 4 N–H and O–H groups in total. The van der Waals surface area contributed by atoms with Gasteiger partial charge in [-0.1, -0.05) is 0 Å². The van der Waals surface area contributed by atoms with E-state index < -0.39 is 63.1 Å². The Morgan fingerprint density at radius 2 is 1.48 bits per heavy atom. The molecule has 0 aliphatic rings. The van der Waals surface area contributed by atoms with Crippen molar-refractivity contribution >= 4 is 19.9 Å². The highest BCUT2D eigenvalue weighted by Crippen LogP contribution is 2.43. The molecule has 160 valence electrons. The largest absolute Gasteiger partial charge is 0.472 e. The molecule has 0 spiro atoms. The zero-order valence-corrected chi connectivity index (χ0v) is 17.3. The van der Waals surface area contributed by atoms with Gasteiger partial charge in [-0.05, 0) is 41.5 Å². The number of rotatable bonds is 9. The zero-order valence-electron chi connectivity index (χ0n) is 16.4. The van der Waals surface area contributed by atoms with Gasteiger partial charge < -0.3 is 29.9 Å². The number of ether oxygens (including phenoxy) is 2. The van der Waals surface area contributed by atoms with Crippen LogP contribution in [0.25, 0.3) is 0 Å². The van der Waals surface area contributed by atoms with Crippen molar-refractivity contribution < 1.29 is 47.8 Å². The minimum atomic E-state index is -4.66. The molecule has 27 heavy (non-hydrogen) atoms. The van der Waals surface area contributed by atoms with Gasteiger partial charge in [-0.3, -0.25) is 9.05 Å². The summed E-state index contributed by atoms with van der Waals surface area (Å²) in [5, 5.41) is 20.0. The molecule has 0 saturated carbocycles. The number of phosphoric acid groups is 1. The van der Waals surface area contributed by atoms with Crippen molar-refractivity contribution in [3.05, 3.63) is 0 Å². The Balaban J connectivity index is 5.00. The maximum atomic E-state index is 12.2. The summed E-state index contributed by atoms with van der Waals surface area (Å²) in [4.78, 5) is 33.7. The molecule has 0 aliphatic heterocycles. The number of hydrogen-bond acceptors (Lipinski definition) is 9. The molecule has 3 atom stereocenters. The smallest absolute Gasteiger partial charge is 0.458 e. The first-order valence-corrected chi connectivity index (χ1v) is 9.67. The van der Waals surface area contributed by atoms with Crippen LogP contribution in [0, 0.1) is 0 Å². The van der Waals surface area contributed by atoms with E-state index >= 15 is 0 Å². The second-order valence-corrected chi connectivity index (χ2v) is 9.08. The van der Waals surface area contributed by atoms with Crippen LogP contribution < -0.4 is 5.32 Å². The number of carbonyl (C=O) groups is 2. The number of aliphatic hydroxyl groups is 2. The summed E-state index contributed by atoms with van der Waals surface area (Å²) in [7, 11) is -4.66. The number of alkyl carbamates (subject to hydrolysis) is 1. The quantitative estimate of drug-likeness (QED) is 0.312. The van der Waals surface area contributed by atoms with Crippen molar-refractivity contribution in [2.45, 2.75) is 64.9 Å². The number of nitrogens with one attached hydrogen (secondary N) is 1. The van der Waals surface area contributed by atoms with E-state index in [0.29, 0.717) is 0 Å². The Morgan fingerprint density at radius 3 is 1.93 bits per heavy atom. The molecule has 0 radical (unpaired) electrons. The average Bonchev–Trinajstić information content (AvgIpc) is 2.45. The van der Waals surface area contributed by atoms with Gasteiger partial charge in [0.05, 0.1) is 19.8 Å². The van der Waals surface area contributed by atoms with Crippen LogP contribution >= 0.6 is 7.82 Å². The summed E-state index contributed by atoms with van der Waals surface area (Å²) in [6.45, 7) is 7.57. The Labute approximate surface area is 158 Å². The second kappa shape index (κ2) is 10.4. The van der Waals surface area contributed by atoms with Crippen LogP contribution in [0.5, 0.6) is 0 Å². The number of esters is 1. The third-order valence-electron chi connectivity index (χ3n) is 2.43. The molecule has 11 nitrogen and oxygen atoms in total. The van der Waals surface area contributed by atoms with Crippen LogP contribution in [-0.4, -0.2) is 70.3 Å². The van der Waals surface area contributed by atoms with Crippen molar-refractivity contribution in [3.63, 3.8) is 0 Å². The highest BCUT2D eigenvalue weighted by Gasteiger charge is 2.32. The van der Waals surface area contributed by atoms with E-state index in [1.165, 1.54) is 0 Å². The van der Waals surface area contributed by atoms with Gasteiger partial charge in [-0.25, -0.2) is 14.2 Å². The van der Waals surface area contributed by atoms with E-state index in [9.17, 15) is 19.0 Å². The Bertz CT molecular complexity index is 540. The molecule has 0 aliphatic carbocycles. The third kappa shape index (κ3) is 13.6. The van der Waals surface area contributed by atoms with Gasteiger partial charge in [-0.2, -0.15) is 0 Å². The Hall–Kier alpha value is -1.23. The topological polar surface area (TPSA) is 161 Å². The lowest BCUT2D eigenvalue weighted by Gasteiger charge is -2.26. The van der Waals surface area contributed by atoms with E-state index in [-0.39, 0.29) is 0 Å². The summed E-state index contributed by atoms with van der Waals surface area (Å²) in [5.41, 5.74) is -1.71. The van der Waals surface area contributed by atoms with Gasteiger partial charge in [0.15, 0.2) is 6.04 Å². The van der Waals surface area contributed by atoms with Gasteiger partial charge in [0, 0.05) is 0 Å². The molecule has 0 rings (SSSR count). The van der Waals surface area contributed by atoms with Gasteiger partial charge in [0.2, 0.25) is 0 Å². The summed E-state index contributed by atoms with van der Waals surface area (Å²) in [6, 6.07) is -1.45. The lowest BCUT2D eigenvalue weighted by molar-refractivity contribution is -0.158. The monoisotopic (exact) mass is 415 g/mol. The summed E-state index contributed by atoms with van der Waals surface area (Å²) in [6.07, 6.45) is -2.33. The van der Waals surface area contributed by atoms with Crippen molar-refractivity contribution in [2.75, 3.05) is 19.8 Å². The van der Waals surface area contributed by atoms with E-state index in [2.05, 4.69) is 14.4 Å². The van der Waals surface area contributed by atoms with E-state index in [0.717, 1.165) is 0 Å². The maximum absolute atomic E-state index is 12.2. The summed E-state index contributed by atoms with van der Waals surface area (Å²) in [5.74, 6) is -0.913. The van der Waals surface area contributed by atoms with Crippen LogP contribution in [0.2, 0.25) is 0 Å². The highest BCUT2D eigenvalue weighted by atomic mass is 31.2. The molecule has 1 unspecified atom stereocenters. The van der Waals surface area contributed by atoms with Crippen LogP contribution in [0.3, 0.4) is 0 Å². The molecule has 0 aromatic heterocycles. The highest BCUT2D eigenvalue weighted by molar-refractivity contribution is 7.47. The molecule has 0 aromatic rings. The minimum absolute atomic E-state index is 0.666. The van der Waals surface area contributed by atoms with Crippen LogP contribution in [0.4, 0.5) is 4.79 Å². The fraction of sp³-hybridized carbons (Fsp3) is 0.867. The molecule has 0 saturated heterocycles. The van der Waals surface area contributed by atoms with Gasteiger partial charge in [0.25, 0.3) is 0 Å². The number of hydrogen-bond donors (Lipinski definition) is 4. The van der Waals surface area contributed by atoms with Gasteiger partial charge >= 0.3 is 19.9 Å². The predicted octanol–water partition coefficient (Wildman–Crippen LogP) is 0.708. The molecule has 12 heteroatoms. The van der Waals surface area contributed by atoms with Crippen LogP contribution in [-0.2, 0) is 27.9 Å². The number of amides is 1. The third-order valence-corrected chi connectivity index (χ3v) is 3.38. The molecular weight excluding hydrogens is 385 g/mol. The van der Waals surface area contributed by atoms with Crippen LogP contribution in [0.15, 0.2) is 0 Å². The molecular formula is C15H30NO10P. The Kier molecular flexibility index (Phi) is 9.88. The van der Waals surface area contributed by atoms with E-state index in [1.54, 1.807) is 41.5 Å². The maximum Gasteiger partial charge on any atom is 0.472 e. The zero-order chi connectivity index (χ0) is 21.5. The fourth-order valence-electron chi connectivity index (χ4n) is 1.43. The normalized spacial score (nSPS) is 16.8. The van der Waals surface area contributed by atoms with Gasteiger partial charge in [-0.15, -0.1) is 0 Å². The molecule has 0 heterocycles. The average molecular weight is 415 g/mol. The standard InChI is InChI=1S/C15H30NO10P/c1-14(2,3)25-12(19)11(16-13(20)26-15(4,5)6)9-24-27(21,22)23-8-10(18)7-17/h10-11,17-18H,7-9H2,1-6H3,(H,16,20)(H,21,22)/t10-,11+/m0/s1. The number of aliphatic hydroxyl groups excluding tert-OH is 2. The van der Waals surface area contributed by atoms with Gasteiger partial charge in [0.1, 0.15) is 17.3 Å². The van der Waals surface area contributed by atoms with E-state index in [1.807, 2.05) is 0 Å². The first-order chi connectivity index (χ1) is 12.0. The first kappa shape index (κ1) is 25.8. The molecule has 1 amide bonds. The lowest BCUT2D eigenvalue weighted by Crippen LogP contribution is -2.48. The predicted molar refractivity (Wildman–Crippen MR) is 93.8 cm³/mol. The van der Waals surface area contributed by atoms with Crippen molar-refractivity contribution in [3.8, 4) is 0 Å². The minimum Gasteiger partial charge on any atom is -0.458 e. The number of carbonyl (C=O) groups excluding carboxylic acids is 2. The Morgan fingerprint density at radius 1 is 1.00 bits per heavy atom. The van der Waals surface area contributed by atoms with Crippen molar-refractivity contribution in [1.29, 1.82) is 0 Å². The fourth-order valence-corrected chi connectivity index (χ4v) is 2.20. The molecule has 0 aromatic carbocycles. The summed E-state index contributed by atoms with van der Waals surface area (Å²) < 4.78 is 31.1. The van der Waals surface area contributed by atoms with Crippen LogP contribution in [0.1, 0.15) is 41.5 Å². The molecule has 0 bridgehead atoms. The van der Waals surface area contributed by atoms with E-state index in [4.69, 9.17) is 19.7 Å². The van der Waals surface area contributed by atoms with Crippen molar-refractivity contribution in [1.82, 2.24) is 5.32 Å². The van der Waals surface area contributed by atoms with Crippen molar-refractivity contribution in [2.24, 2.45) is 0 Å². The summed E-state index contributed by atoms with van der Waals surface area (Å²) >= 11 is 0.